The highest BCUT2D eigenvalue weighted by Gasteiger charge is 2.29. The number of nitrogens with zero attached hydrogens (tertiary/aromatic N) is 2. The van der Waals surface area contributed by atoms with Crippen LogP contribution in [0.15, 0.2) is 24.3 Å². The molecule has 0 atom stereocenters. The van der Waals surface area contributed by atoms with Crippen LogP contribution in [0.5, 0.6) is 0 Å². The van der Waals surface area contributed by atoms with Crippen LogP contribution in [0.2, 0.25) is 0 Å². The number of carbonyl (C=O) groups excluding carboxylic acids is 2. The highest BCUT2D eigenvalue weighted by molar-refractivity contribution is 5.79. The molecular weight excluding hydrogens is 352 g/mol. The average molecular weight is 387 g/mol. The first-order valence-electron chi connectivity index (χ1n) is 10.7. The van der Waals surface area contributed by atoms with Crippen molar-refractivity contribution in [2.45, 2.75) is 45.4 Å². The number of hydrogen-bond acceptors (Lipinski definition) is 4. The Balaban J connectivity index is 1.34. The number of ether oxygens (including phenoxy) is 1. The zero-order valence-electron chi connectivity index (χ0n) is 17.4. The Bertz CT molecular complexity index is 642. The van der Waals surface area contributed by atoms with Crippen molar-refractivity contribution < 1.29 is 14.3 Å². The minimum atomic E-state index is -0.139. The number of likely N-dealkylation sites (tertiary alicyclic amines) is 2. The van der Waals surface area contributed by atoms with Crippen molar-refractivity contribution in [2.24, 2.45) is 11.8 Å². The summed E-state index contributed by atoms with van der Waals surface area (Å²) in [4.78, 5) is 28.4. The Hall–Kier alpha value is -1.88. The van der Waals surface area contributed by atoms with Gasteiger partial charge in [0.25, 0.3) is 0 Å². The summed E-state index contributed by atoms with van der Waals surface area (Å²) in [6.07, 6.45) is 6.21. The molecule has 2 saturated heterocycles. The van der Waals surface area contributed by atoms with Gasteiger partial charge in [-0.05, 0) is 70.0 Å². The van der Waals surface area contributed by atoms with Crippen LogP contribution < -0.4 is 0 Å². The Morgan fingerprint density at radius 3 is 2.25 bits per heavy atom. The lowest BCUT2D eigenvalue weighted by atomic mass is 9.90. The van der Waals surface area contributed by atoms with Gasteiger partial charge in [-0.3, -0.25) is 14.5 Å². The summed E-state index contributed by atoms with van der Waals surface area (Å²) in [5.41, 5.74) is 2.75. The molecule has 2 aliphatic rings. The SMILES string of the molecule is COC(=O)C1CCN(C(=O)CN2CCC(CCc3ccc(C)cc3)CC2)CC1. The van der Waals surface area contributed by atoms with E-state index in [4.69, 9.17) is 4.74 Å². The van der Waals surface area contributed by atoms with Gasteiger partial charge < -0.3 is 9.64 Å². The Kier molecular flexibility index (Phi) is 7.49. The highest BCUT2D eigenvalue weighted by Crippen LogP contribution is 2.23. The van der Waals surface area contributed by atoms with E-state index in [1.165, 1.54) is 37.5 Å². The molecule has 0 saturated carbocycles. The van der Waals surface area contributed by atoms with Gasteiger partial charge in [-0.15, -0.1) is 0 Å². The fourth-order valence-electron chi connectivity index (χ4n) is 4.38. The Labute approximate surface area is 169 Å². The zero-order valence-corrected chi connectivity index (χ0v) is 17.4. The number of benzene rings is 1. The van der Waals surface area contributed by atoms with E-state index in [0.717, 1.165) is 38.3 Å². The minimum absolute atomic E-state index is 0.0432. The van der Waals surface area contributed by atoms with Crippen molar-refractivity contribution in [3.05, 3.63) is 35.4 Å². The molecule has 0 unspecified atom stereocenters. The van der Waals surface area contributed by atoms with Crippen LogP contribution in [0.1, 0.15) is 43.2 Å². The predicted octanol–water partition coefficient (Wildman–Crippen LogP) is 3.05. The van der Waals surface area contributed by atoms with Crippen molar-refractivity contribution in [1.29, 1.82) is 0 Å². The van der Waals surface area contributed by atoms with Gasteiger partial charge in [0, 0.05) is 13.1 Å². The second-order valence-electron chi connectivity index (χ2n) is 8.42. The molecule has 3 rings (SSSR count). The first kappa shape index (κ1) is 20.8. The number of rotatable bonds is 6. The topological polar surface area (TPSA) is 49.9 Å². The molecule has 28 heavy (non-hydrogen) atoms. The van der Waals surface area contributed by atoms with Gasteiger partial charge in [0.15, 0.2) is 0 Å². The molecule has 0 bridgehead atoms. The van der Waals surface area contributed by atoms with Gasteiger partial charge in [0.2, 0.25) is 5.91 Å². The Morgan fingerprint density at radius 2 is 1.64 bits per heavy atom. The first-order chi connectivity index (χ1) is 13.5. The van der Waals surface area contributed by atoms with Crippen LogP contribution in [-0.4, -0.2) is 61.5 Å². The maximum absolute atomic E-state index is 12.6. The molecule has 1 aromatic carbocycles. The summed E-state index contributed by atoms with van der Waals surface area (Å²) in [7, 11) is 1.43. The molecule has 2 fully saturated rings. The van der Waals surface area contributed by atoms with Crippen LogP contribution in [0.4, 0.5) is 0 Å². The van der Waals surface area contributed by atoms with Gasteiger partial charge >= 0.3 is 5.97 Å². The zero-order chi connectivity index (χ0) is 19.9. The first-order valence-corrected chi connectivity index (χ1v) is 10.7. The van der Waals surface area contributed by atoms with Crippen molar-refractivity contribution in [2.75, 3.05) is 39.8 Å². The summed E-state index contributed by atoms with van der Waals surface area (Å²) in [5, 5.41) is 0. The van der Waals surface area contributed by atoms with E-state index in [1.807, 2.05) is 4.90 Å². The van der Waals surface area contributed by atoms with Crippen LogP contribution in [-0.2, 0) is 20.7 Å². The summed E-state index contributed by atoms with van der Waals surface area (Å²) in [6, 6.07) is 8.87. The Morgan fingerprint density at radius 1 is 1.00 bits per heavy atom. The lowest BCUT2D eigenvalue weighted by Crippen LogP contribution is -2.46. The number of esters is 1. The van der Waals surface area contributed by atoms with E-state index in [-0.39, 0.29) is 17.8 Å². The molecule has 5 heteroatoms. The lowest BCUT2D eigenvalue weighted by Gasteiger charge is -2.35. The average Bonchev–Trinajstić information content (AvgIpc) is 2.74. The molecule has 5 nitrogen and oxygen atoms in total. The van der Waals surface area contributed by atoms with Crippen molar-refractivity contribution in [1.82, 2.24) is 9.80 Å². The van der Waals surface area contributed by atoms with Crippen LogP contribution >= 0.6 is 0 Å². The lowest BCUT2D eigenvalue weighted by molar-refractivity contribution is -0.149. The third kappa shape index (κ3) is 5.81. The third-order valence-corrected chi connectivity index (χ3v) is 6.41. The summed E-state index contributed by atoms with van der Waals surface area (Å²) >= 11 is 0. The molecule has 0 spiro atoms. The fourth-order valence-corrected chi connectivity index (χ4v) is 4.38. The number of amides is 1. The van der Waals surface area contributed by atoms with Gasteiger partial charge in [0.1, 0.15) is 0 Å². The van der Waals surface area contributed by atoms with E-state index in [9.17, 15) is 9.59 Å². The molecule has 2 heterocycles. The van der Waals surface area contributed by atoms with E-state index < -0.39 is 0 Å². The molecule has 2 aliphatic heterocycles. The normalized spacial score (nSPS) is 19.6. The highest BCUT2D eigenvalue weighted by atomic mass is 16.5. The summed E-state index contributed by atoms with van der Waals surface area (Å²) < 4.78 is 4.82. The number of aryl methyl sites for hydroxylation is 2. The number of hydrogen-bond donors (Lipinski definition) is 0. The quantitative estimate of drug-likeness (QED) is 0.705. The molecule has 0 aliphatic carbocycles. The molecule has 154 valence electrons. The third-order valence-electron chi connectivity index (χ3n) is 6.41. The van der Waals surface area contributed by atoms with Gasteiger partial charge in [-0.1, -0.05) is 29.8 Å². The van der Waals surface area contributed by atoms with Crippen LogP contribution in [0.25, 0.3) is 0 Å². The summed E-state index contributed by atoms with van der Waals surface area (Å²) in [6.45, 7) is 6.03. The van der Waals surface area contributed by atoms with E-state index in [0.29, 0.717) is 19.6 Å². The van der Waals surface area contributed by atoms with Crippen molar-refractivity contribution in [3.63, 3.8) is 0 Å². The predicted molar refractivity (Wildman–Crippen MR) is 110 cm³/mol. The largest absolute Gasteiger partial charge is 0.469 e. The molecular formula is C23H34N2O3. The van der Waals surface area contributed by atoms with E-state index >= 15 is 0 Å². The second-order valence-corrected chi connectivity index (χ2v) is 8.42. The monoisotopic (exact) mass is 386 g/mol. The van der Waals surface area contributed by atoms with Gasteiger partial charge in [0.05, 0.1) is 19.6 Å². The van der Waals surface area contributed by atoms with Crippen molar-refractivity contribution >= 4 is 11.9 Å². The molecule has 1 amide bonds. The molecule has 1 aromatic rings. The van der Waals surface area contributed by atoms with E-state index in [2.05, 4.69) is 36.1 Å². The van der Waals surface area contributed by atoms with Crippen molar-refractivity contribution in [3.8, 4) is 0 Å². The minimum Gasteiger partial charge on any atom is -0.469 e. The standard InChI is InChI=1S/C23H34N2O3/c1-18-3-5-19(6-4-18)7-8-20-9-13-24(14-10-20)17-22(26)25-15-11-21(12-16-25)23(27)28-2/h3-6,20-21H,7-17H2,1-2H3. The molecule has 0 radical (unpaired) electrons. The number of carbonyl (C=O) groups is 2. The number of piperidine rings is 2. The fraction of sp³-hybridized carbons (Fsp3) is 0.652. The van der Waals surface area contributed by atoms with Crippen LogP contribution in [0.3, 0.4) is 0 Å². The second kappa shape index (κ2) is 10.1. The van der Waals surface area contributed by atoms with Crippen LogP contribution in [0, 0.1) is 18.8 Å². The van der Waals surface area contributed by atoms with E-state index in [1.54, 1.807) is 0 Å². The van der Waals surface area contributed by atoms with Gasteiger partial charge in [-0.25, -0.2) is 0 Å². The number of methoxy groups -OCH3 is 1. The smallest absolute Gasteiger partial charge is 0.308 e. The maximum atomic E-state index is 12.6. The maximum Gasteiger partial charge on any atom is 0.308 e. The molecule has 0 aromatic heterocycles. The summed E-state index contributed by atoms with van der Waals surface area (Å²) in [5.74, 6) is 0.794. The van der Waals surface area contributed by atoms with Gasteiger partial charge in [-0.2, -0.15) is 0 Å². The molecule has 0 N–H and O–H groups in total.